The van der Waals surface area contributed by atoms with Crippen molar-refractivity contribution in [3.05, 3.63) is 23.0 Å². The molecule has 0 saturated heterocycles. The largest absolute Gasteiger partial charge is 0.266 e. The molecular formula is C10H10ClN5. The van der Waals surface area contributed by atoms with E-state index in [2.05, 4.69) is 16.3 Å². The van der Waals surface area contributed by atoms with Gasteiger partial charge < -0.3 is 0 Å². The lowest BCUT2D eigenvalue weighted by Crippen LogP contribution is -1.98. The molecule has 6 heteroatoms. The van der Waals surface area contributed by atoms with E-state index in [0.717, 1.165) is 5.69 Å². The Morgan fingerprint density at radius 2 is 2.31 bits per heavy atom. The predicted octanol–water partition coefficient (Wildman–Crippen LogP) is 1.83. The molecule has 2 aromatic rings. The summed E-state index contributed by atoms with van der Waals surface area (Å²) in [5.41, 5.74) is 1.76. The summed E-state index contributed by atoms with van der Waals surface area (Å²) in [5, 5.41) is 17.8. The first-order valence-electron chi connectivity index (χ1n) is 4.83. The zero-order valence-corrected chi connectivity index (χ0v) is 9.73. The van der Waals surface area contributed by atoms with E-state index >= 15 is 0 Å². The van der Waals surface area contributed by atoms with Crippen LogP contribution < -0.4 is 0 Å². The second-order valence-electron chi connectivity index (χ2n) is 3.28. The van der Waals surface area contributed by atoms with Crippen molar-refractivity contribution in [2.45, 2.75) is 13.5 Å². The number of halogens is 1. The van der Waals surface area contributed by atoms with Crippen LogP contribution in [0.25, 0.3) is 11.4 Å². The molecule has 2 rings (SSSR count). The van der Waals surface area contributed by atoms with Gasteiger partial charge >= 0.3 is 0 Å². The molecule has 0 fully saturated rings. The van der Waals surface area contributed by atoms with Crippen molar-refractivity contribution in [2.75, 3.05) is 0 Å². The number of hydrogen-bond donors (Lipinski definition) is 0. The smallest absolute Gasteiger partial charge is 0.145 e. The first-order chi connectivity index (χ1) is 7.69. The predicted molar refractivity (Wildman–Crippen MR) is 59.8 cm³/mol. The summed E-state index contributed by atoms with van der Waals surface area (Å²) in [7, 11) is 1.80. The minimum atomic E-state index is 0.376. The average molecular weight is 236 g/mol. The molecule has 0 N–H and O–H groups in total. The SMILES string of the molecule is CCn1nc(-c2ccnn2C)c(C#N)c1Cl. The van der Waals surface area contributed by atoms with Crippen molar-refractivity contribution in [3.8, 4) is 17.5 Å². The van der Waals surface area contributed by atoms with Gasteiger partial charge in [-0.05, 0) is 13.0 Å². The maximum Gasteiger partial charge on any atom is 0.145 e. The fourth-order valence-electron chi connectivity index (χ4n) is 1.54. The van der Waals surface area contributed by atoms with E-state index in [1.54, 1.807) is 28.7 Å². The molecule has 0 saturated carbocycles. The Balaban J connectivity index is 2.67. The topological polar surface area (TPSA) is 59.4 Å². The van der Waals surface area contributed by atoms with Crippen LogP contribution in [0.3, 0.4) is 0 Å². The highest BCUT2D eigenvalue weighted by atomic mass is 35.5. The van der Waals surface area contributed by atoms with Gasteiger partial charge in [-0.25, -0.2) is 0 Å². The molecule has 0 radical (unpaired) electrons. The molecule has 0 bridgehead atoms. The number of hydrogen-bond acceptors (Lipinski definition) is 3. The molecule has 0 aromatic carbocycles. The first-order valence-corrected chi connectivity index (χ1v) is 5.21. The average Bonchev–Trinajstić information content (AvgIpc) is 2.82. The molecule has 0 aliphatic heterocycles. The van der Waals surface area contributed by atoms with Gasteiger partial charge in [-0.2, -0.15) is 15.5 Å². The third-order valence-corrected chi connectivity index (χ3v) is 2.75. The molecule has 82 valence electrons. The van der Waals surface area contributed by atoms with Crippen LogP contribution >= 0.6 is 11.6 Å². The lowest BCUT2D eigenvalue weighted by atomic mass is 10.2. The van der Waals surface area contributed by atoms with Gasteiger partial charge in [0.15, 0.2) is 0 Å². The standard InChI is InChI=1S/C10H10ClN5/c1-3-16-10(11)7(6-12)9(14-16)8-4-5-13-15(8)2/h4-5H,3H2,1-2H3. The number of nitriles is 1. The lowest BCUT2D eigenvalue weighted by Gasteiger charge is -1.97. The van der Waals surface area contributed by atoms with Crippen LogP contribution in [0.2, 0.25) is 5.15 Å². The number of aromatic nitrogens is 4. The van der Waals surface area contributed by atoms with E-state index in [4.69, 9.17) is 16.9 Å². The number of nitrogens with zero attached hydrogens (tertiary/aromatic N) is 5. The Hall–Kier alpha value is -1.80. The zero-order valence-electron chi connectivity index (χ0n) is 8.98. The number of rotatable bonds is 2. The summed E-state index contributed by atoms with van der Waals surface area (Å²) in [6.45, 7) is 2.55. The fraction of sp³-hybridized carbons (Fsp3) is 0.300. The van der Waals surface area contributed by atoms with Crippen molar-refractivity contribution in [3.63, 3.8) is 0 Å². The fourth-order valence-corrected chi connectivity index (χ4v) is 1.82. The van der Waals surface area contributed by atoms with Gasteiger partial charge in [0.1, 0.15) is 22.5 Å². The van der Waals surface area contributed by atoms with E-state index < -0.39 is 0 Å². The second-order valence-corrected chi connectivity index (χ2v) is 3.64. The molecule has 0 atom stereocenters. The lowest BCUT2D eigenvalue weighted by molar-refractivity contribution is 0.660. The van der Waals surface area contributed by atoms with Crippen LogP contribution in [0.15, 0.2) is 12.3 Å². The maximum absolute atomic E-state index is 9.08. The molecule has 5 nitrogen and oxygen atoms in total. The molecule has 0 aliphatic rings. The van der Waals surface area contributed by atoms with E-state index in [9.17, 15) is 0 Å². The van der Waals surface area contributed by atoms with Gasteiger partial charge in [0.25, 0.3) is 0 Å². The van der Waals surface area contributed by atoms with Crippen LogP contribution in [-0.2, 0) is 13.6 Å². The third-order valence-electron chi connectivity index (χ3n) is 2.37. The monoisotopic (exact) mass is 235 g/mol. The summed E-state index contributed by atoms with van der Waals surface area (Å²) >= 11 is 6.05. The van der Waals surface area contributed by atoms with Gasteiger partial charge in [0, 0.05) is 19.8 Å². The van der Waals surface area contributed by atoms with Crippen molar-refractivity contribution >= 4 is 11.6 Å². The minimum Gasteiger partial charge on any atom is -0.266 e. The van der Waals surface area contributed by atoms with Crippen LogP contribution in [-0.4, -0.2) is 19.6 Å². The van der Waals surface area contributed by atoms with Crippen molar-refractivity contribution < 1.29 is 0 Å². The molecule has 2 heterocycles. The van der Waals surface area contributed by atoms with Gasteiger partial charge in [-0.3, -0.25) is 9.36 Å². The Morgan fingerprint density at radius 1 is 1.56 bits per heavy atom. The molecule has 2 aromatic heterocycles. The Morgan fingerprint density at radius 3 is 2.81 bits per heavy atom. The molecule has 0 aliphatic carbocycles. The Labute approximate surface area is 97.9 Å². The van der Waals surface area contributed by atoms with Gasteiger partial charge in [0.2, 0.25) is 0 Å². The molecule has 0 amide bonds. The highest BCUT2D eigenvalue weighted by molar-refractivity contribution is 6.31. The van der Waals surface area contributed by atoms with E-state index in [-0.39, 0.29) is 0 Å². The highest BCUT2D eigenvalue weighted by Gasteiger charge is 2.18. The van der Waals surface area contributed by atoms with Crippen LogP contribution in [0.5, 0.6) is 0 Å². The highest BCUT2D eigenvalue weighted by Crippen LogP contribution is 2.27. The van der Waals surface area contributed by atoms with E-state index in [0.29, 0.717) is 23.0 Å². The van der Waals surface area contributed by atoms with E-state index in [1.807, 2.05) is 6.92 Å². The molecule has 0 spiro atoms. The zero-order chi connectivity index (χ0) is 11.7. The van der Waals surface area contributed by atoms with Crippen LogP contribution in [0.1, 0.15) is 12.5 Å². The second kappa shape index (κ2) is 3.99. The van der Waals surface area contributed by atoms with Crippen LogP contribution in [0, 0.1) is 11.3 Å². The summed E-state index contributed by atoms with van der Waals surface area (Å²) in [4.78, 5) is 0. The van der Waals surface area contributed by atoms with Crippen molar-refractivity contribution in [1.29, 1.82) is 5.26 Å². The first kappa shape index (κ1) is 10.7. The summed E-state index contributed by atoms with van der Waals surface area (Å²) in [6.07, 6.45) is 1.66. The molecular weight excluding hydrogens is 226 g/mol. The summed E-state index contributed by atoms with van der Waals surface area (Å²) in [6, 6.07) is 3.88. The Kier molecular flexibility index (Phi) is 2.67. The minimum absolute atomic E-state index is 0.376. The number of aryl methyl sites for hydroxylation is 2. The van der Waals surface area contributed by atoms with Crippen LogP contribution in [0.4, 0.5) is 0 Å². The molecule has 16 heavy (non-hydrogen) atoms. The summed E-state index contributed by atoms with van der Waals surface area (Å²) < 4.78 is 3.27. The normalized spacial score (nSPS) is 10.4. The maximum atomic E-state index is 9.08. The summed E-state index contributed by atoms with van der Waals surface area (Å²) in [5.74, 6) is 0. The van der Waals surface area contributed by atoms with Gasteiger partial charge in [-0.15, -0.1) is 0 Å². The third kappa shape index (κ3) is 1.48. The van der Waals surface area contributed by atoms with E-state index in [1.165, 1.54) is 0 Å². The van der Waals surface area contributed by atoms with Gasteiger partial charge in [0.05, 0.1) is 5.69 Å². The van der Waals surface area contributed by atoms with Crippen molar-refractivity contribution in [2.24, 2.45) is 7.05 Å². The Bertz CT molecular complexity index is 560. The van der Waals surface area contributed by atoms with Crippen molar-refractivity contribution in [1.82, 2.24) is 19.6 Å². The molecule has 0 unspecified atom stereocenters. The quantitative estimate of drug-likeness (QED) is 0.798. The van der Waals surface area contributed by atoms with Gasteiger partial charge in [-0.1, -0.05) is 11.6 Å².